The molecule has 0 bridgehead atoms. The van der Waals surface area contributed by atoms with Gasteiger partial charge in [0, 0.05) is 6.04 Å². The number of carboxylic acids is 1. The molecule has 0 amide bonds. The highest BCUT2D eigenvalue weighted by Gasteiger charge is 2.31. The summed E-state index contributed by atoms with van der Waals surface area (Å²) in [7, 11) is -3.96. The number of carboxylic acid groups (broad SMARTS) is 1. The molecule has 0 saturated heterocycles. The van der Waals surface area contributed by atoms with E-state index in [2.05, 4.69) is 0 Å². The van der Waals surface area contributed by atoms with Crippen LogP contribution in [0.3, 0.4) is 0 Å². The van der Waals surface area contributed by atoms with Crippen molar-refractivity contribution >= 4 is 27.6 Å². The fourth-order valence-electron chi connectivity index (χ4n) is 1.88. The summed E-state index contributed by atoms with van der Waals surface area (Å²) in [6, 6.07) is 4.33. The number of benzene rings is 1. The molecule has 0 fully saturated rings. The Morgan fingerprint density at radius 2 is 1.86 bits per heavy atom. The number of rotatable bonds is 6. The van der Waals surface area contributed by atoms with Gasteiger partial charge in [0.2, 0.25) is 10.0 Å². The van der Waals surface area contributed by atoms with Gasteiger partial charge in [0.1, 0.15) is 11.4 Å². The summed E-state index contributed by atoms with van der Waals surface area (Å²) in [5.41, 5.74) is 0.831. The highest BCUT2D eigenvalue weighted by Crippen LogP contribution is 2.29. The minimum atomic E-state index is -3.96. The Morgan fingerprint density at radius 1 is 1.29 bits per heavy atom. The highest BCUT2D eigenvalue weighted by molar-refractivity contribution is 7.89. The largest absolute Gasteiger partial charge is 0.480 e. The smallest absolute Gasteiger partial charge is 0.318 e. The molecule has 5 nitrogen and oxygen atoms in total. The average Bonchev–Trinajstić information content (AvgIpc) is 2.35. The lowest BCUT2D eigenvalue weighted by Crippen LogP contribution is -2.40. The summed E-state index contributed by atoms with van der Waals surface area (Å²) in [4.78, 5) is 10.9. The van der Waals surface area contributed by atoms with Crippen LogP contribution in [0.1, 0.15) is 39.2 Å². The first kappa shape index (κ1) is 17.9. The van der Waals surface area contributed by atoms with Crippen LogP contribution in [0.4, 0.5) is 0 Å². The van der Waals surface area contributed by atoms with E-state index in [1.165, 1.54) is 12.1 Å². The van der Waals surface area contributed by atoms with Crippen molar-refractivity contribution in [1.82, 2.24) is 4.31 Å². The first-order chi connectivity index (χ1) is 9.57. The third-order valence-electron chi connectivity index (χ3n) is 3.08. The average molecular weight is 334 g/mol. The van der Waals surface area contributed by atoms with Crippen LogP contribution in [0.15, 0.2) is 23.1 Å². The number of aliphatic carboxylic acids is 1. The molecule has 0 saturated carbocycles. The quantitative estimate of drug-likeness (QED) is 0.868. The van der Waals surface area contributed by atoms with Gasteiger partial charge in [-0.05, 0) is 37.5 Å². The number of hydrogen-bond acceptors (Lipinski definition) is 3. The third-order valence-corrected chi connectivity index (χ3v) is 5.58. The molecule has 1 rings (SSSR count). The lowest BCUT2D eigenvalue weighted by atomic mass is 10.0. The maximum absolute atomic E-state index is 12.7. The molecule has 0 spiro atoms. The maximum atomic E-state index is 12.7. The van der Waals surface area contributed by atoms with Crippen molar-refractivity contribution < 1.29 is 18.3 Å². The first-order valence-corrected chi connectivity index (χ1v) is 8.42. The zero-order chi connectivity index (χ0) is 16.4. The molecular weight excluding hydrogens is 314 g/mol. The van der Waals surface area contributed by atoms with Gasteiger partial charge in [-0.15, -0.1) is 0 Å². The number of nitrogens with zero attached hydrogens (tertiary/aromatic N) is 1. The van der Waals surface area contributed by atoms with Crippen molar-refractivity contribution in [2.45, 2.75) is 44.6 Å². The van der Waals surface area contributed by atoms with E-state index in [1.54, 1.807) is 19.9 Å². The monoisotopic (exact) mass is 333 g/mol. The predicted molar refractivity (Wildman–Crippen MR) is 82.2 cm³/mol. The zero-order valence-corrected chi connectivity index (χ0v) is 14.1. The topological polar surface area (TPSA) is 74.7 Å². The second kappa shape index (κ2) is 6.77. The minimum Gasteiger partial charge on any atom is -0.480 e. The van der Waals surface area contributed by atoms with E-state index in [0.29, 0.717) is 0 Å². The van der Waals surface area contributed by atoms with Crippen molar-refractivity contribution in [2.75, 3.05) is 6.54 Å². The summed E-state index contributed by atoms with van der Waals surface area (Å²) < 4.78 is 26.3. The van der Waals surface area contributed by atoms with Gasteiger partial charge >= 0.3 is 5.97 Å². The Labute approximate surface area is 130 Å². The van der Waals surface area contributed by atoms with Gasteiger partial charge in [0.25, 0.3) is 0 Å². The number of sulfonamides is 1. The molecule has 7 heteroatoms. The van der Waals surface area contributed by atoms with Gasteiger partial charge in [-0.1, -0.05) is 31.5 Å². The summed E-state index contributed by atoms with van der Waals surface area (Å²) in [6.07, 6.45) is 0. The van der Waals surface area contributed by atoms with Crippen LogP contribution < -0.4 is 0 Å². The van der Waals surface area contributed by atoms with Gasteiger partial charge in [-0.2, -0.15) is 4.31 Å². The lowest BCUT2D eigenvalue weighted by Gasteiger charge is -2.25. The first-order valence-electron chi connectivity index (χ1n) is 6.60. The second-order valence-corrected chi connectivity index (χ2v) is 7.65. The molecule has 1 N–H and O–H groups in total. The summed E-state index contributed by atoms with van der Waals surface area (Å²) >= 11 is 6.02. The molecule has 0 atom stereocenters. The fraction of sp³-hybridized carbons (Fsp3) is 0.500. The van der Waals surface area contributed by atoms with E-state index >= 15 is 0 Å². The number of carbonyl (C=O) groups is 1. The Hall–Kier alpha value is -1.11. The molecule has 0 aromatic heterocycles. The predicted octanol–water partition coefficient (Wildman–Crippen LogP) is 2.95. The molecule has 0 heterocycles. The van der Waals surface area contributed by atoms with Gasteiger partial charge < -0.3 is 5.11 Å². The standard InChI is InChI=1S/C14H20ClNO4S/c1-9(2)11-5-6-12(15)13(7-11)21(19,20)16(10(3)4)8-14(17)18/h5-7,9-10H,8H2,1-4H3,(H,17,18). The molecule has 0 aliphatic rings. The van der Waals surface area contributed by atoms with Crippen LogP contribution in [0.5, 0.6) is 0 Å². The summed E-state index contributed by atoms with van der Waals surface area (Å²) in [5.74, 6) is -1.06. The Morgan fingerprint density at radius 3 is 2.29 bits per heavy atom. The minimum absolute atomic E-state index is 0.0506. The van der Waals surface area contributed by atoms with Crippen LogP contribution in [0.25, 0.3) is 0 Å². The SMILES string of the molecule is CC(C)c1ccc(Cl)c(S(=O)(=O)N(CC(=O)O)C(C)C)c1. The molecule has 21 heavy (non-hydrogen) atoms. The van der Waals surface area contributed by atoms with Crippen molar-refractivity contribution in [3.8, 4) is 0 Å². The second-order valence-electron chi connectivity index (χ2n) is 5.38. The summed E-state index contributed by atoms with van der Waals surface area (Å²) in [6.45, 7) is 6.54. The Kier molecular flexibility index (Phi) is 5.78. The van der Waals surface area contributed by atoms with Crippen LogP contribution >= 0.6 is 11.6 Å². The van der Waals surface area contributed by atoms with E-state index in [0.717, 1.165) is 9.87 Å². The van der Waals surface area contributed by atoms with E-state index in [9.17, 15) is 13.2 Å². The van der Waals surface area contributed by atoms with Crippen LogP contribution in [-0.4, -0.2) is 36.4 Å². The maximum Gasteiger partial charge on any atom is 0.318 e. The zero-order valence-electron chi connectivity index (χ0n) is 12.5. The summed E-state index contributed by atoms with van der Waals surface area (Å²) in [5, 5.41) is 9.01. The molecule has 0 unspecified atom stereocenters. The lowest BCUT2D eigenvalue weighted by molar-refractivity contribution is -0.137. The van der Waals surface area contributed by atoms with E-state index in [4.69, 9.17) is 16.7 Å². The van der Waals surface area contributed by atoms with Crippen LogP contribution in [0, 0.1) is 0 Å². The molecule has 0 aliphatic heterocycles. The van der Waals surface area contributed by atoms with Gasteiger partial charge in [-0.25, -0.2) is 8.42 Å². The van der Waals surface area contributed by atoms with Crippen molar-refractivity contribution in [2.24, 2.45) is 0 Å². The highest BCUT2D eigenvalue weighted by atomic mass is 35.5. The third kappa shape index (κ3) is 4.18. The number of hydrogen-bond donors (Lipinski definition) is 1. The van der Waals surface area contributed by atoms with Crippen molar-refractivity contribution in [1.29, 1.82) is 0 Å². The number of halogens is 1. The van der Waals surface area contributed by atoms with Crippen molar-refractivity contribution in [3.05, 3.63) is 28.8 Å². The van der Waals surface area contributed by atoms with Gasteiger partial charge in [0.05, 0.1) is 5.02 Å². The molecule has 0 radical (unpaired) electrons. The molecule has 1 aromatic rings. The fourth-order valence-corrected chi connectivity index (χ4v) is 3.98. The van der Waals surface area contributed by atoms with Gasteiger partial charge in [0.15, 0.2) is 0 Å². The molecule has 0 aliphatic carbocycles. The van der Waals surface area contributed by atoms with Gasteiger partial charge in [-0.3, -0.25) is 4.79 Å². The van der Waals surface area contributed by atoms with E-state index < -0.39 is 28.6 Å². The van der Waals surface area contributed by atoms with Crippen molar-refractivity contribution in [3.63, 3.8) is 0 Å². The molecule has 1 aromatic carbocycles. The Bertz CT molecular complexity index is 626. The Balaban J connectivity index is 3.40. The molecule has 118 valence electrons. The van der Waals surface area contributed by atoms with E-state index in [1.807, 2.05) is 13.8 Å². The van der Waals surface area contributed by atoms with Crippen LogP contribution in [-0.2, 0) is 14.8 Å². The normalized spacial score (nSPS) is 12.4. The van der Waals surface area contributed by atoms with E-state index in [-0.39, 0.29) is 15.8 Å². The molecular formula is C14H20ClNO4S. The van der Waals surface area contributed by atoms with Crippen LogP contribution in [0.2, 0.25) is 5.02 Å².